The van der Waals surface area contributed by atoms with Gasteiger partial charge in [0.15, 0.2) is 0 Å². The van der Waals surface area contributed by atoms with Gasteiger partial charge < -0.3 is 4.74 Å². The van der Waals surface area contributed by atoms with E-state index in [1.165, 1.54) is 38.6 Å². The summed E-state index contributed by atoms with van der Waals surface area (Å²) < 4.78 is 11.0. The SMILES string of the molecule is CCCCc1cc(Oc2ccc3c4cc(CC)ccc4n(-c4cc(C)ccn4)c3c2)cc(-n2nc(C)c(-c3ccccc3)c2C)c1. The van der Waals surface area contributed by atoms with Gasteiger partial charge in [-0.25, -0.2) is 9.67 Å². The zero-order valence-electron chi connectivity index (χ0n) is 27.3. The molecule has 46 heavy (non-hydrogen) atoms. The van der Waals surface area contributed by atoms with E-state index < -0.39 is 0 Å². The molecule has 0 radical (unpaired) electrons. The summed E-state index contributed by atoms with van der Waals surface area (Å²) in [7, 11) is 0. The van der Waals surface area contributed by atoms with Crippen LogP contribution in [-0.4, -0.2) is 19.3 Å². The lowest BCUT2D eigenvalue weighted by molar-refractivity contribution is 0.482. The predicted octanol–water partition coefficient (Wildman–Crippen LogP) is 10.7. The molecule has 7 aromatic rings. The first kappa shape index (κ1) is 29.5. The molecule has 0 spiro atoms. The zero-order valence-corrected chi connectivity index (χ0v) is 27.3. The Hall–Kier alpha value is -5.16. The number of ether oxygens (including phenoxy) is 1. The van der Waals surface area contributed by atoms with Crippen LogP contribution in [0.2, 0.25) is 0 Å². The molecule has 0 aliphatic rings. The lowest BCUT2D eigenvalue weighted by Gasteiger charge is -2.13. The van der Waals surface area contributed by atoms with Crippen molar-refractivity contribution in [1.82, 2.24) is 19.3 Å². The highest BCUT2D eigenvalue weighted by Crippen LogP contribution is 2.37. The van der Waals surface area contributed by atoms with Crippen molar-refractivity contribution < 1.29 is 4.74 Å². The van der Waals surface area contributed by atoms with Crippen molar-refractivity contribution in [2.45, 2.75) is 60.3 Å². The number of nitrogens with zero attached hydrogens (tertiary/aromatic N) is 4. The molecular formula is C41H40N4O. The molecule has 4 aromatic carbocycles. The van der Waals surface area contributed by atoms with Gasteiger partial charge in [0, 0.05) is 40.4 Å². The number of aromatic nitrogens is 4. The maximum absolute atomic E-state index is 6.71. The van der Waals surface area contributed by atoms with Gasteiger partial charge in [0.2, 0.25) is 0 Å². The summed E-state index contributed by atoms with van der Waals surface area (Å²) >= 11 is 0. The fraction of sp³-hybridized carbons (Fsp3) is 0.220. The smallest absolute Gasteiger partial charge is 0.137 e. The lowest BCUT2D eigenvalue weighted by atomic mass is 10.0. The number of benzene rings is 4. The molecule has 0 N–H and O–H groups in total. The van der Waals surface area contributed by atoms with Crippen molar-refractivity contribution in [2.75, 3.05) is 0 Å². The highest BCUT2D eigenvalue weighted by Gasteiger charge is 2.18. The Morgan fingerprint density at radius 2 is 1.57 bits per heavy atom. The van der Waals surface area contributed by atoms with Crippen LogP contribution < -0.4 is 4.74 Å². The molecule has 0 saturated carbocycles. The second kappa shape index (κ2) is 12.3. The van der Waals surface area contributed by atoms with Crippen molar-refractivity contribution in [3.63, 3.8) is 0 Å². The molecule has 0 unspecified atom stereocenters. The number of unbranched alkanes of at least 4 members (excludes halogenated alkanes) is 1. The number of fused-ring (bicyclic) bond motifs is 3. The fourth-order valence-corrected chi connectivity index (χ4v) is 6.62. The van der Waals surface area contributed by atoms with Crippen molar-refractivity contribution in [3.8, 4) is 34.1 Å². The van der Waals surface area contributed by atoms with Crippen molar-refractivity contribution in [2.24, 2.45) is 0 Å². The molecule has 5 heteroatoms. The third-order valence-corrected chi connectivity index (χ3v) is 8.94. The molecule has 0 amide bonds. The number of hydrogen-bond acceptors (Lipinski definition) is 3. The molecule has 230 valence electrons. The highest BCUT2D eigenvalue weighted by molar-refractivity contribution is 6.09. The van der Waals surface area contributed by atoms with E-state index in [-0.39, 0.29) is 0 Å². The number of hydrogen-bond donors (Lipinski definition) is 0. The van der Waals surface area contributed by atoms with Crippen molar-refractivity contribution >= 4 is 21.8 Å². The van der Waals surface area contributed by atoms with Crippen LogP contribution in [0.4, 0.5) is 0 Å². The standard InChI is InChI=1S/C41H40N4O/c1-6-8-12-31-22-33(45-29(5)41(28(4)43-45)32-13-10-9-11-14-32)25-35(23-31)46-34-16-17-36-37-24-30(7-2)15-18-38(37)44(39(36)26-34)40-21-27(3)19-20-42-40/h9-11,13-26H,6-8,12H2,1-5H3. The average Bonchev–Trinajstić information content (AvgIpc) is 3.56. The molecule has 7 rings (SSSR count). The Bertz CT molecular complexity index is 2190. The molecule has 0 atom stereocenters. The second-order valence-corrected chi connectivity index (χ2v) is 12.3. The van der Waals surface area contributed by atoms with Crippen LogP contribution in [-0.2, 0) is 12.8 Å². The molecule has 3 heterocycles. The molecule has 0 aliphatic heterocycles. The van der Waals surface area contributed by atoms with Gasteiger partial charge in [-0.2, -0.15) is 5.10 Å². The largest absolute Gasteiger partial charge is 0.457 e. The minimum Gasteiger partial charge on any atom is -0.457 e. The summed E-state index contributed by atoms with van der Waals surface area (Å²) in [6.45, 7) is 10.8. The number of rotatable bonds is 9. The highest BCUT2D eigenvalue weighted by atomic mass is 16.5. The van der Waals surface area contributed by atoms with Crippen LogP contribution in [0.1, 0.15) is 54.8 Å². The first-order chi connectivity index (χ1) is 22.4. The molecule has 0 saturated heterocycles. The van der Waals surface area contributed by atoms with Gasteiger partial charge in [0.1, 0.15) is 17.3 Å². The Morgan fingerprint density at radius 1 is 0.717 bits per heavy atom. The molecule has 3 aromatic heterocycles. The van der Waals surface area contributed by atoms with Gasteiger partial charge in [-0.3, -0.25) is 4.57 Å². The minimum absolute atomic E-state index is 0.789. The van der Waals surface area contributed by atoms with E-state index in [4.69, 9.17) is 14.8 Å². The number of aryl methyl sites for hydroxylation is 4. The summed E-state index contributed by atoms with van der Waals surface area (Å²) in [6, 6.07) is 34.4. The predicted molar refractivity (Wildman–Crippen MR) is 190 cm³/mol. The third kappa shape index (κ3) is 5.47. The van der Waals surface area contributed by atoms with Gasteiger partial charge >= 0.3 is 0 Å². The van der Waals surface area contributed by atoms with Gasteiger partial charge in [0.25, 0.3) is 0 Å². The quantitative estimate of drug-likeness (QED) is 0.165. The monoisotopic (exact) mass is 604 g/mol. The van der Waals surface area contributed by atoms with Gasteiger partial charge in [-0.05, 0) is 111 Å². The lowest BCUT2D eigenvalue weighted by Crippen LogP contribution is -2.02. The normalized spacial score (nSPS) is 11.5. The number of pyridine rings is 1. The van der Waals surface area contributed by atoms with Crippen molar-refractivity contribution in [1.29, 1.82) is 0 Å². The Labute approximate surface area is 271 Å². The van der Waals surface area contributed by atoms with Crippen LogP contribution in [0.5, 0.6) is 11.5 Å². The Morgan fingerprint density at radius 3 is 2.35 bits per heavy atom. The van der Waals surface area contributed by atoms with Crippen LogP contribution in [0.25, 0.3) is 44.4 Å². The fourth-order valence-electron chi connectivity index (χ4n) is 6.62. The topological polar surface area (TPSA) is 44.9 Å². The molecule has 0 aliphatic carbocycles. The third-order valence-electron chi connectivity index (χ3n) is 8.94. The summed E-state index contributed by atoms with van der Waals surface area (Å²) in [5.74, 6) is 2.50. The first-order valence-corrected chi connectivity index (χ1v) is 16.4. The summed E-state index contributed by atoms with van der Waals surface area (Å²) in [5.41, 5.74) is 11.5. The first-order valence-electron chi connectivity index (χ1n) is 16.4. The average molecular weight is 605 g/mol. The van der Waals surface area contributed by atoms with E-state index in [0.29, 0.717) is 0 Å². The summed E-state index contributed by atoms with van der Waals surface area (Å²) in [6.07, 6.45) is 6.11. The maximum Gasteiger partial charge on any atom is 0.137 e. The Balaban J connectivity index is 1.34. The van der Waals surface area contributed by atoms with Crippen LogP contribution in [0, 0.1) is 20.8 Å². The minimum atomic E-state index is 0.789. The van der Waals surface area contributed by atoms with E-state index >= 15 is 0 Å². The van der Waals surface area contributed by atoms with Gasteiger partial charge in [0.05, 0.1) is 22.4 Å². The zero-order chi connectivity index (χ0) is 31.8. The van der Waals surface area contributed by atoms with E-state index in [2.05, 4.69) is 135 Å². The van der Waals surface area contributed by atoms with Crippen LogP contribution in [0.15, 0.2) is 103 Å². The van der Waals surface area contributed by atoms with Crippen LogP contribution in [0.3, 0.4) is 0 Å². The van der Waals surface area contributed by atoms with Gasteiger partial charge in [-0.1, -0.05) is 56.7 Å². The second-order valence-electron chi connectivity index (χ2n) is 12.3. The van der Waals surface area contributed by atoms with Gasteiger partial charge in [-0.15, -0.1) is 0 Å². The molecule has 0 bridgehead atoms. The summed E-state index contributed by atoms with van der Waals surface area (Å²) in [5, 5.41) is 7.43. The van der Waals surface area contributed by atoms with Crippen molar-refractivity contribution in [3.05, 3.63) is 131 Å². The van der Waals surface area contributed by atoms with E-state index in [0.717, 1.165) is 71.1 Å². The summed E-state index contributed by atoms with van der Waals surface area (Å²) in [4.78, 5) is 4.78. The molecule has 0 fully saturated rings. The van der Waals surface area contributed by atoms with E-state index in [1.807, 2.05) is 12.3 Å². The van der Waals surface area contributed by atoms with E-state index in [1.54, 1.807) is 0 Å². The molecular weight excluding hydrogens is 564 g/mol. The Kier molecular flexibility index (Phi) is 7.91. The van der Waals surface area contributed by atoms with Crippen LogP contribution >= 0.6 is 0 Å². The molecule has 5 nitrogen and oxygen atoms in total. The maximum atomic E-state index is 6.71. The van der Waals surface area contributed by atoms with E-state index in [9.17, 15) is 0 Å².